The van der Waals surface area contributed by atoms with Crippen LogP contribution >= 0.6 is 0 Å². The highest BCUT2D eigenvalue weighted by Gasteiger charge is 2.33. The summed E-state index contributed by atoms with van der Waals surface area (Å²) in [5.41, 5.74) is 1.08. The zero-order chi connectivity index (χ0) is 17.0. The molecule has 0 aliphatic carbocycles. The van der Waals surface area contributed by atoms with Crippen molar-refractivity contribution in [2.45, 2.75) is 32.6 Å². The van der Waals surface area contributed by atoms with E-state index in [1.54, 1.807) is 12.0 Å². The lowest BCUT2D eigenvalue weighted by atomic mass is 9.86. The van der Waals surface area contributed by atoms with Crippen LogP contribution in [0.3, 0.4) is 0 Å². The summed E-state index contributed by atoms with van der Waals surface area (Å²) in [6, 6.07) is 7.77. The molecule has 0 radical (unpaired) electrons. The van der Waals surface area contributed by atoms with Crippen molar-refractivity contribution in [1.82, 2.24) is 4.90 Å². The number of likely N-dealkylation sites (tertiary alicyclic amines) is 1. The number of nitrogens with zero attached hydrogens (tertiary/aromatic N) is 1. The van der Waals surface area contributed by atoms with Gasteiger partial charge in [-0.1, -0.05) is 26.0 Å². The van der Waals surface area contributed by atoms with E-state index in [-0.39, 0.29) is 23.7 Å². The monoisotopic (exact) mass is 319 g/mol. The van der Waals surface area contributed by atoms with Gasteiger partial charge in [-0.15, -0.1) is 0 Å². The number of benzene rings is 1. The molecular formula is C18H25NO4. The molecule has 23 heavy (non-hydrogen) atoms. The number of amides is 1. The number of piperidine rings is 1. The fourth-order valence-electron chi connectivity index (χ4n) is 3.20. The van der Waals surface area contributed by atoms with E-state index in [2.05, 4.69) is 0 Å². The molecule has 5 nitrogen and oxygen atoms in total. The third-order valence-electron chi connectivity index (χ3n) is 4.72. The lowest BCUT2D eigenvalue weighted by molar-refractivity contribution is -0.148. The van der Waals surface area contributed by atoms with Gasteiger partial charge in [-0.25, -0.2) is 0 Å². The molecule has 1 heterocycles. The summed E-state index contributed by atoms with van der Waals surface area (Å²) in [6.45, 7) is 5.00. The molecule has 5 heteroatoms. The highest BCUT2D eigenvalue weighted by molar-refractivity contribution is 5.78. The van der Waals surface area contributed by atoms with Crippen LogP contribution in [0.25, 0.3) is 0 Å². The van der Waals surface area contributed by atoms with Gasteiger partial charge in [0.25, 0.3) is 0 Å². The zero-order valence-corrected chi connectivity index (χ0v) is 14.0. The lowest BCUT2D eigenvalue weighted by Gasteiger charge is -2.35. The van der Waals surface area contributed by atoms with Gasteiger partial charge in [0.05, 0.1) is 13.0 Å². The number of carboxylic acids is 1. The van der Waals surface area contributed by atoms with E-state index in [1.165, 1.54) is 0 Å². The van der Waals surface area contributed by atoms with Crippen LogP contribution < -0.4 is 4.74 Å². The molecule has 126 valence electrons. The quantitative estimate of drug-likeness (QED) is 0.906. The van der Waals surface area contributed by atoms with Crippen LogP contribution in [0, 0.1) is 11.8 Å². The Balaban J connectivity index is 1.95. The second-order valence-electron chi connectivity index (χ2n) is 6.43. The fraction of sp³-hybridized carbons (Fsp3) is 0.556. The van der Waals surface area contributed by atoms with Gasteiger partial charge < -0.3 is 14.7 Å². The number of ether oxygens (including phenoxy) is 1. The van der Waals surface area contributed by atoms with Crippen molar-refractivity contribution in [2.24, 2.45) is 11.8 Å². The Labute approximate surface area is 137 Å². The minimum atomic E-state index is -0.755. The number of carboxylic acid groups (broad SMARTS) is 1. The van der Waals surface area contributed by atoms with Gasteiger partial charge in [0.15, 0.2) is 0 Å². The van der Waals surface area contributed by atoms with Gasteiger partial charge >= 0.3 is 5.97 Å². The van der Waals surface area contributed by atoms with E-state index in [0.29, 0.717) is 25.9 Å². The van der Waals surface area contributed by atoms with E-state index in [9.17, 15) is 9.59 Å². The first-order valence-electron chi connectivity index (χ1n) is 8.07. The SMILES string of the molecule is COc1cccc(C(C)CC(=O)N2CCC(C(=O)O)C(C)C2)c1. The average Bonchev–Trinajstić information content (AvgIpc) is 2.54. The van der Waals surface area contributed by atoms with Crippen molar-refractivity contribution in [2.75, 3.05) is 20.2 Å². The fourth-order valence-corrected chi connectivity index (χ4v) is 3.20. The summed E-state index contributed by atoms with van der Waals surface area (Å²) >= 11 is 0. The minimum Gasteiger partial charge on any atom is -0.497 e. The standard InChI is InChI=1S/C18H25NO4/c1-12(14-5-4-6-15(10-14)23-3)9-17(20)19-8-7-16(18(21)22)13(2)11-19/h4-6,10,12-13,16H,7-9,11H2,1-3H3,(H,21,22). The van der Waals surface area contributed by atoms with Crippen LogP contribution in [0.1, 0.15) is 38.2 Å². The number of rotatable bonds is 5. The molecule has 2 rings (SSSR count). The zero-order valence-electron chi connectivity index (χ0n) is 14.0. The Morgan fingerprint density at radius 2 is 2.17 bits per heavy atom. The van der Waals surface area contributed by atoms with Crippen LogP contribution in [-0.4, -0.2) is 42.1 Å². The molecule has 1 aliphatic rings. The maximum atomic E-state index is 12.5. The Hall–Kier alpha value is -2.04. The molecule has 1 aliphatic heterocycles. The topological polar surface area (TPSA) is 66.8 Å². The van der Waals surface area contributed by atoms with Crippen molar-refractivity contribution in [3.63, 3.8) is 0 Å². The number of carbonyl (C=O) groups is 2. The Kier molecular flexibility index (Phi) is 5.64. The normalized spacial score (nSPS) is 22.5. The highest BCUT2D eigenvalue weighted by Crippen LogP contribution is 2.27. The van der Waals surface area contributed by atoms with E-state index < -0.39 is 5.97 Å². The number of hydrogen-bond acceptors (Lipinski definition) is 3. The Bertz CT molecular complexity index is 572. The van der Waals surface area contributed by atoms with Gasteiger partial charge in [0.2, 0.25) is 5.91 Å². The maximum Gasteiger partial charge on any atom is 0.306 e. The van der Waals surface area contributed by atoms with Gasteiger partial charge in [0.1, 0.15) is 5.75 Å². The van der Waals surface area contributed by atoms with Gasteiger partial charge in [-0.3, -0.25) is 9.59 Å². The van der Waals surface area contributed by atoms with Crippen LogP contribution in [0.2, 0.25) is 0 Å². The molecule has 1 aromatic rings. The van der Waals surface area contributed by atoms with Gasteiger partial charge in [0, 0.05) is 19.5 Å². The third kappa shape index (κ3) is 4.24. The van der Waals surface area contributed by atoms with Crippen LogP contribution in [-0.2, 0) is 9.59 Å². The van der Waals surface area contributed by atoms with Crippen molar-refractivity contribution >= 4 is 11.9 Å². The Morgan fingerprint density at radius 1 is 1.43 bits per heavy atom. The first-order valence-corrected chi connectivity index (χ1v) is 8.07. The second kappa shape index (κ2) is 7.49. The highest BCUT2D eigenvalue weighted by atomic mass is 16.5. The van der Waals surface area contributed by atoms with Crippen LogP contribution in [0.5, 0.6) is 5.75 Å². The van der Waals surface area contributed by atoms with Gasteiger partial charge in [-0.2, -0.15) is 0 Å². The molecular weight excluding hydrogens is 294 g/mol. The van der Waals surface area contributed by atoms with Crippen LogP contribution in [0.4, 0.5) is 0 Å². The third-order valence-corrected chi connectivity index (χ3v) is 4.72. The summed E-state index contributed by atoms with van der Waals surface area (Å²) in [4.78, 5) is 25.5. The predicted octanol–water partition coefficient (Wildman–Crippen LogP) is 2.76. The maximum absolute atomic E-state index is 12.5. The van der Waals surface area contributed by atoms with Crippen molar-refractivity contribution < 1.29 is 19.4 Å². The molecule has 1 amide bonds. The van der Waals surface area contributed by atoms with E-state index in [0.717, 1.165) is 11.3 Å². The molecule has 0 bridgehead atoms. The number of carbonyl (C=O) groups excluding carboxylic acids is 1. The average molecular weight is 319 g/mol. The molecule has 1 fully saturated rings. The molecule has 1 aromatic carbocycles. The summed E-state index contributed by atoms with van der Waals surface area (Å²) in [5.74, 6) is -0.111. The summed E-state index contributed by atoms with van der Waals surface area (Å²) < 4.78 is 5.22. The van der Waals surface area contributed by atoms with Crippen molar-refractivity contribution in [1.29, 1.82) is 0 Å². The predicted molar refractivity (Wildman–Crippen MR) is 87.5 cm³/mol. The smallest absolute Gasteiger partial charge is 0.306 e. The van der Waals surface area contributed by atoms with E-state index in [1.807, 2.05) is 38.1 Å². The molecule has 1 saturated heterocycles. The lowest BCUT2D eigenvalue weighted by Crippen LogP contribution is -2.45. The van der Waals surface area contributed by atoms with E-state index in [4.69, 9.17) is 9.84 Å². The first-order chi connectivity index (χ1) is 10.9. The number of aliphatic carboxylic acids is 1. The second-order valence-corrected chi connectivity index (χ2v) is 6.43. The van der Waals surface area contributed by atoms with Gasteiger partial charge in [-0.05, 0) is 36.0 Å². The van der Waals surface area contributed by atoms with Crippen molar-refractivity contribution in [3.8, 4) is 5.75 Å². The largest absolute Gasteiger partial charge is 0.497 e. The first kappa shape index (κ1) is 17.3. The molecule has 1 N–H and O–H groups in total. The molecule has 3 atom stereocenters. The molecule has 0 saturated carbocycles. The summed E-state index contributed by atoms with van der Waals surface area (Å²) in [6.07, 6.45) is 0.966. The Morgan fingerprint density at radius 3 is 2.78 bits per heavy atom. The minimum absolute atomic E-state index is 0.00248. The van der Waals surface area contributed by atoms with E-state index >= 15 is 0 Å². The molecule has 0 aromatic heterocycles. The summed E-state index contributed by atoms with van der Waals surface area (Å²) in [5, 5.41) is 9.16. The summed E-state index contributed by atoms with van der Waals surface area (Å²) in [7, 11) is 1.63. The van der Waals surface area contributed by atoms with Crippen molar-refractivity contribution in [3.05, 3.63) is 29.8 Å². The number of methoxy groups -OCH3 is 1. The number of hydrogen-bond donors (Lipinski definition) is 1. The molecule has 3 unspecified atom stereocenters. The molecule has 0 spiro atoms. The van der Waals surface area contributed by atoms with Crippen LogP contribution in [0.15, 0.2) is 24.3 Å².